The smallest absolute Gasteiger partial charge is 0.253 e. The molecule has 0 aliphatic carbocycles. The van der Waals surface area contributed by atoms with Crippen LogP contribution < -0.4 is 10.9 Å². The third-order valence-corrected chi connectivity index (χ3v) is 3.53. The highest BCUT2D eigenvalue weighted by Crippen LogP contribution is 2.31. The minimum Gasteiger partial charge on any atom is -0.494 e. The van der Waals surface area contributed by atoms with Crippen LogP contribution in [0.5, 0.6) is 5.88 Å². The molecule has 4 nitrogen and oxygen atoms in total. The molecule has 5 heteroatoms. The number of anilines is 1. The van der Waals surface area contributed by atoms with Crippen LogP contribution >= 0.6 is 15.9 Å². The van der Waals surface area contributed by atoms with Crippen molar-refractivity contribution in [1.82, 2.24) is 4.57 Å². The van der Waals surface area contributed by atoms with E-state index in [9.17, 15) is 9.90 Å². The Balaban J connectivity index is 2.65. The summed E-state index contributed by atoms with van der Waals surface area (Å²) >= 11 is 3.46. The molecule has 0 spiro atoms. The zero-order chi connectivity index (χ0) is 13.3. The van der Waals surface area contributed by atoms with E-state index in [1.54, 1.807) is 7.05 Å². The largest absolute Gasteiger partial charge is 0.494 e. The van der Waals surface area contributed by atoms with Gasteiger partial charge in [-0.05, 0) is 39.9 Å². The monoisotopic (exact) mass is 310 g/mol. The van der Waals surface area contributed by atoms with E-state index in [0.29, 0.717) is 5.39 Å². The van der Waals surface area contributed by atoms with Crippen molar-refractivity contribution in [2.24, 2.45) is 7.05 Å². The Labute approximate surface area is 113 Å². The summed E-state index contributed by atoms with van der Waals surface area (Å²) in [7, 11) is 1.55. The van der Waals surface area contributed by atoms with Crippen molar-refractivity contribution in [2.75, 3.05) is 11.9 Å². The average Bonchev–Trinajstić information content (AvgIpc) is 2.35. The highest BCUT2D eigenvalue weighted by molar-refractivity contribution is 9.10. The van der Waals surface area contributed by atoms with E-state index in [1.807, 2.05) is 12.1 Å². The van der Waals surface area contributed by atoms with Crippen molar-refractivity contribution >= 4 is 32.4 Å². The zero-order valence-electron chi connectivity index (χ0n) is 10.3. The quantitative estimate of drug-likeness (QED) is 0.916. The van der Waals surface area contributed by atoms with Crippen LogP contribution in [0, 0.1) is 0 Å². The molecule has 0 aliphatic heterocycles. The number of hydrogen-bond donors (Lipinski definition) is 2. The Bertz CT molecular complexity index is 649. The van der Waals surface area contributed by atoms with Gasteiger partial charge in [-0.3, -0.25) is 9.36 Å². The van der Waals surface area contributed by atoms with Crippen LogP contribution in [0.3, 0.4) is 0 Å². The summed E-state index contributed by atoms with van der Waals surface area (Å²) in [6.07, 6.45) is 1.02. The predicted molar refractivity (Wildman–Crippen MR) is 77.3 cm³/mol. The lowest BCUT2D eigenvalue weighted by atomic mass is 10.1. The van der Waals surface area contributed by atoms with Gasteiger partial charge in [-0.25, -0.2) is 0 Å². The topological polar surface area (TPSA) is 54.3 Å². The predicted octanol–water partition coefficient (Wildman–Crippen LogP) is 2.83. The molecule has 0 aliphatic rings. The van der Waals surface area contributed by atoms with Gasteiger partial charge in [-0.2, -0.15) is 0 Å². The van der Waals surface area contributed by atoms with Gasteiger partial charge in [0.15, 0.2) is 0 Å². The fraction of sp³-hybridized carbons (Fsp3) is 0.308. The van der Waals surface area contributed by atoms with Gasteiger partial charge in [0.05, 0.1) is 0 Å². The molecule has 0 radical (unpaired) electrons. The number of nitrogens with one attached hydrogen (secondary N) is 1. The molecule has 1 aromatic heterocycles. The minimum atomic E-state index is -0.219. The van der Waals surface area contributed by atoms with E-state index >= 15 is 0 Å². The molecule has 0 unspecified atom stereocenters. The Morgan fingerprint density at radius 3 is 2.78 bits per heavy atom. The van der Waals surface area contributed by atoms with Gasteiger partial charge in [-0.15, -0.1) is 0 Å². The SMILES string of the molecule is CCCNc1cc2cc(=O)n(C)c(O)c2cc1Br. The molecule has 2 N–H and O–H groups in total. The highest BCUT2D eigenvalue weighted by Gasteiger charge is 2.09. The summed E-state index contributed by atoms with van der Waals surface area (Å²) in [6.45, 7) is 2.95. The Morgan fingerprint density at radius 1 is 1.39 bits per heavy atom. The number of halogens is 1. The number of benzene rings is 1. The van der Waals surface area contributed by atoms with Crippen molar-refractivity contribution in [2.45, 2.75) is 13.3 Å². The summed E-state index contributed by atoms with van der Waals surface area (Å²) in [4.78, 5) is 11.6. The van der Waals surface area contributed by atoms with Gasteiger partial charge in [0.1, 0.15) is 0 Å². The normalized spacial score (nSPS) is 10.8. The molecule has 1 aromatic carbocycles. The highest BCUT2D eigenvalue weighted by atomic mass is 79.9. The third-order valence-electron chi connectivity index (χ3n) is 2.87. The Kier molecular flexibility index (Phi) is 3.61. The second kappa shape index (κ2) is 5.02. The number of pyridine rings is 1. The standard InChI is InChI=1S/C13H15BrN2O2/c1-3-4-15-11-5-8-6-12(17)16(2)13(18)9(8)7-10(11)14/h5-7,15,18H,3-4H2,1-2H3. The molecular formula is C13H15BrN2O2. The first-order chi connectivity index (χ1) is 8.54. The molecule has 0 saturated carbocycles. The van der Waals surface area contributed by atoms with Crippen molar-refractivity contribution in [3.63, 3.8) is 0 Å². The van der Waals surface area contributed by atoms with Crippen molar-refractivity contribution in [1.29, 1.82) is 0 Å². The third kappa shape index (κ3) is 2.22. The molecule has 0 saturated heterocycles. The van der Waals surface area contributed by atoms with E-state index in [1.165, 1.54) is 10.6 Å². The molecule has 0 amide bonds. The first kappa shape index (κ1) is 13.0. The van der Waals surface area contributed by atoms with E-state index in [4.69, 9.17) is 0 Å². The van der Waals surface area contributed by atoms with Crippen molar-refractivity contribution in [3.05, 3.63) is 33.0 Å². The van der Waals surface area contributed by atoms with Crippen LogP contribution in [0.25, 0.3) is 10.8 Å². The molecule has 0 bridgehead atoms. The zero-order valence-corrected chi connectivity index (χ0v) is 11.9. The molecule has 96 valence electrons. The van der Waals surface area contributed by atoms with Crippen molar-refractivity contribution < 1.29 is 5.11 Å². The number of fused-ring (bicyclic) bond motifs is 1. The maximum atomic E-state index is 11.6. The molecule has 0 atom stereocenters. The van der Waals surface area contributed by atoms with E-state index in [0.717, 1.165) is 28.5 Å². The number of aromatic nitrogens is 1. The number of nitrogens with zero attached hydrogens (tertiary/aromatic N) is 1. The van der Waals surface area contributed by atoms with Crippen LogP contribution in [0.15, 0.2) is 27.5 Å². The van der Waals surface area contributed by atoms with Crippen LogP contribution in [0.2, 0.25) is 0 Å². The van der Waals surface area contributed by atoms with Gasteiger partial charge in [0.2, 0.25) is 5.88 Å². The second-order valence-corrected chi connectivity index (χ2v) is 5.07. The van der Waals surface area contributed by atoms with E-state index < -0.39 is 0 Å². The molecule has 0 fully saturated rings. The maximum absolute atomic E-state index is 11.6. The van der Waals surface area contributed by atoms with Crippen molar-refractivity contribution in [3.8, 4) is 5.88 Å². The fourth-order valence-corrected chi connectivity index (χ4v) is 2.30. The summed E-state index contributed by atoms with van der Waals surface area (Å²) in [5.74, 6) is -0.0137. The van der Waals surface area contributed by atoms with Gasteiger partial charge < -0.3 is 10.4 Å². The van der Waals surface area contributed by atoms with Gasteiger partial charge in [0.25, 0.3) is 5.56 Å². The first-order valence-electron chi connectivity index (χ1n) is 5.80. The molecule has 2 rings (SSSR count). The number of rotatable bonds is 3. The Hall–Kier alpha value is -1.49. The lowest BCUT2D eigenvalue weighted by molar-refractivity contribution is 0.430. The molecular weight excluding hydrogens is 296 g/mol. The minimum absolute atomic E-state index is 0.0137. The lowest BCUT2D eigenvalue weighted by Crippen LogP contribution is -2.15. The first-order valence-corrected chi connectivity index (χ1v) is 6.60. The number of aromatic hydroxyl groups is 1. The molecule has 2 aromatic rings. The van der Waals surface area contributed by atoms with Crippen LogP contribution in [-0.4, -0.2) is 16.2 Å². The molecule has 1 heterocycles. The van der Waals surface area contributed by atoms with Gasteiger partial charge >= 0.3 is 0 Å². The summed E-state index contributed by atoms with van der Waals surface area (Å²) in [6, 6.07) is 5.22. The Morgan fingerprint density at radius 2 is 2.11 bits per heavy atom. The second-order valence-electron chi connectivity index (χ2n) is 4.21. The summed E-state index contributed by atoms with van der Waals surface area (Å²) < 4.78 is 2.10. The van der Waals surface area contributed by atoms with Crippen LogP contribution in [0.4, 0.5) is 5.69 Å². The van der Waals surface area contributed by atoms with Crippen LogP contribution in [0.1, 0.15) is 13.3 Å². The molecule has 18 heavy (non-hydrogen) atoms. The average molecular weight is 311 g/mol. The van der Waals surface area contributed by atoms with E-state index in [-0.39, 0.29) is 11.4 Å². The van der Waals surface area contributed by atoms with Crippen LogP contribution in [-0.2, 0) is 7.05 Å². The fourth-order valence-electron chi connectivity index (χ4n) is 1.81. The maximum Gasteiger partial charge on any atom is 0.253 e. The summed E-state index contributed by atoms with van der Waals surface area (Å²) in [5.41, 5.74) is 0.709. The van der Waals surface area contributed by atoms with Gasteiger partial charge in [0, 0.05) is 35.2 Å². The number of hydrogen-bond acceptors (Lipinski definition) is 3. The summed E-state index contributed by atoms with van der Waals surface area (Å²) in [5, 5.41) is 14.6. The lowest BCUT2D eigenvalue weighted by Gasteiger charge is -2.11. The van der Waals surface area contributed by atoms with Gasteiger partial charge in [-0.1, -0.05) is 6.92 Å². The van der Waals surface area contributed by atoms with E-state index in [2.05, 4.69) is 28.2 Å².